The highest BCUT2D eigenvalue weighted by Gasteiger charge is 2.33. The number of amides is 1. The molecule has 2 atom stereocenters. The molecule has 2 aliphatic rings. The average molecular weight is 542 g/mol. The van der Waals surface area contributed by atoms with E-state index in [2.05, 4.69) is 10.2 Å². The van der Waals surface area contributed by atoms with Crippen LogP contribution in [0.4, 0.5) is 27.6 Å². The number of nitrogens with zero attached hydrogens (tertiary/aromatic N) is 2. The first-order chi connectivity index (χ1) is 18.0. The van der Waals surface area contributed by atoms with Gasteiger partial charge >= 0.3 is 12.1 Å². The summed E-state index contributed by atoms with van der Waals surface area (Å²) in [6.45, 7) is 2.78. The Hall–Kier alpha value is -3.25. The van der Waals surface area contributed by atoms with E-state index in [9.17, 15) is 36.6 Å². The molecule has 2 aromatic rings. The number of nitrogens with one attached hydrogen (secondary N) is 1. The molecule has 0 aliphatic carbocycles. The lowest BCUT2D eigenvalue weighted by Crippen LogP contribution is -2.48. The summed E-state index contributed by atoms with van der Waals surface area (Å²) in [5.74, 6) is -3.59. The lowest BCUT2D eigenvalue weighted by molar-refractivity contribution is -0.138. The maximum absolute atomic E-state index is 13.8. The van der Waals surface area contributed by atoms with Gasteiger partial charge in [0.25, 0.3) is 0 Å². The van der Waals surface area contributed by atoms with Gasteiger partial charge in [-0.3, -0.25) is 9.69 Å². The zero-order valence-electron chi connectivity index (χ0n) is 20.4. The Morgan fingerprint density at radius 3 is 2.50 bits per heavy atom. The van der Waals surface area contributed by atoms with Crippen molar-refractivity contribution in [2.75, 3.05) is 37.7 Å². The highest BCUT2D eigenvalue weighted by molar-refractivity contribution is 5.89. The van der Waals surface area contributed by atoms with Crippen LogP contribution in [-0.4, -0.2) is 66.8 Å². The van der Waals surface area contributed by atoms with E-state index in [0.717, 1.165) is 31.2 Å². The molecule has 7 nitrogen and oxygen atoms in total. The first-order valence-electron chi connectivity index (χ1n) is 12.3. The SMILES string of the molecule is O=C(O)c1cc(N2CCCN(C3CCC(C(=O)NCc4cc(F)cc(C(F)(F)F)c4)OC3)CC2)ccc1F. The summed E-state index contributed by atoms with van der Waals surface area (Å²) >= 11 is 0. The van der Waals surface area contributed by atoms with Crippen molar-refractivity contribution >= 4 is 17.6 Å². The average Bonchev–Trinajstić information content (AvgIpc) is 3.13. The number of ether oxygens (including phenoxy) is 1. The zero-order chi connectivity index (χ0) is 27.4. The molecule has 2 saturated heterocycles. The lowest BCUT2D eigenvalue weighted by Gasteiger charge is -2.36. The van der Waals surface area contributed by atoms with Crippen molar-refractivity contribution in [1.82, 2.24) is 10.2 Å². The van der Waals surface area contributed by atoms with E-state index in [1.807, 2.05) is 4.90 Å². The zero-order valence-corrected chi connectivity index (χ0v) is 20.4. The van der Waals surface area contributed by atoms with Gasteiger partial charge in [0.2, 0.25) is 5.91 Å². The van der Waals surface area contributed by atoms with Crippen molar-refractivity contribution in [3.63, 3.8) is 0 Å². The Morgan fingerprint density at radius 2 is 1.82 bits per heavy atom. The molecule has 38 heavy (non-hydrogen) atoms. The minimum absolute atomic E-state index is 0.00473. The Labute approximate surface area is 216 Å². The highest BCUT2D eigenvalue weighted by atomic mass is 19.4. The highest BCUT2D eigenvalue weighted by Crippen LogP contribution is 2.30. The fourth-order valence-electron chi connectivity index (χ4n) is 4.89. The van der Waals surface area contributed by atoms with Crippen LogP contribution in [0, 0.1) is 11.6 Å². The molecule has 2 unspecified atom stereocenters. The fourth-order valence-corrected chi connectivity index (χ4v) is 4.89. The Balaban J connectivity index is 1.27. The van der Waals surface area contributed by atoms with E-state index in [1.54, 1.807) is 6.07 Å². The second kappa shape index (κ2) is 11.6. The third-order valence-corrected chi connectivity index (χ3v) is 6.89. The van der Waals surface area contributed by atoms with E-state index in [1.165, 1.54) is 6.07 Å². The second-order valence-electron chi connectivity index (χ2n) is 9.46. The van der Waals surface area contributed by atoms with Gasteiger partial charge in [0.15, 0.2) is 0 Å². The molecule has 206 valence electrons. The number of hydrogen-bond donors (Lipinski definition) is 2. The quantitative estimate of drug-likeness (QED) is 0.537. The number of carboxylic acid groups (broad SMARTS) is 1. The Kier molecular flexibility index (Phi) is 8.51. The van der Waals surface area contributed by atoms with Gasteiger partial charge in [-0.1, -0.05) is 0 Å². The van der Waals surface area contributed by atoms with Gasteiger partial charge in [0, 0.05) is 44.5 Å². The van der Waals surface area contributed by atoms with Gasteiger partial charge in [-0.15, -0.1) is 0 Å². The van der Waals surface area contributed by atoms with Crippen molar-refractivity contribution in [1.29, 1.82) is 0 Å². The van der Waals surface area contributed by atoms with E-state index in [4.69, 9.17) is 4.74 Å². The first kappa shape index (κ1) is 27.8. The Bertz CT molecular complexity index is 1170. The fraction of sp³-hybridized carbons (Fsp3) is 0.462. The number of carboxylic acids is 1. The minimum Gasteiger partial charge on any atom is -0.478 e. The number of aromatic carboxylic acids is 1. The van der Waals surface area contributed by atoms with Gasteiger partial charge in [-0.2, -0.15) is 13.2 Å². The maximum Gasteiger partial charge on any atom is 0.416 e. The van der Waals surface area contributed by atoms with Crippen molar-refractivity contribution in [3.05, 3.63) is 64.7 Å². The van der Waals surface area contributed by atoms with Crippen molar-refractivity contribution < 1.29 is 41.4 Å². The number of benzene rings is 2. The van der Waals surface area contributed by atoms with E-state index >= 15 is 0 Å². The second-order valence-corrected chi connectivity index (χ2v) is 9.46. The predicted molar refractivity (Wildman–Crippen MR) is 128 cm³/mol. The van der Waals surface area contributed by atoms with Crippen LogP contribution in [0.5, 0.6) is 0 Å². The number of carbonyl (C=O) groups is 2. The molecular weight excluding hydrogens is 513 g/mol. The van der Waals surface area contributed by atoms with Gasteiger partial charge < -0.3 is 20.1 Å². The standard InChI is InChI=1S/C26H28F5N3O4/c27-18-11-16(10-17(12-18)26(29,30)31)14-32-24(35)23-5-3-20(15-38-23)34-7-1-6-33(8-9-34)19-2-4-22(28)21(13-19)25(36)37/h2,4,10-13,20,23H,1,3,5-9,14-15H2,(H,32,35)(H,36,37). The van der Waals surface area contributed by atoms with Crippen molar-refractivity contribution in [2.24, 2.45) is 0 Å². The lowest BCUT2D eigenvalue weighted by atomic mass is 10.0. The number of carbonyl (C=O) groups excluding carboxylic acids is 1. The summed E-state index contributed by atoms with van der Waals surface area (Å²) in [7, 11) is 0. The molecular formula is C26H28F5N3O4. The number of hydrogen-bond acceptors (Lipinski definition) is 5. The molecule has 0 aromatic heterocycles. The Morgan fingerprint density at radius 1 is 1.03 bits per heavy atom. The van der Waals surface area contributed by atoms with Crippen LogP contribution in [0.2, 0.25) is 0 Å². The number of alkyl halides is 3. The number of rotatable bonds is 6. The molecule has 12 heteroatoms. The summed E-state index contributed by atoms with van der Waals surface area (Å²) in [5.41, 5.74) is -0.837. The molecule has 0 spiro atoms. The molecule has 2 N–H and O–H groups in total. The van der Waals surface area contributed by atoms with Crippen LogP contribution in [0.15, 0.2) is 36.4 Å². The van der Waals surface area contributed by atoms with Gasteiger partial charge in [-0.25, -0.2) is 13.6 Å². The molecule has 2 aromatic carbocycles. The summed E-state index contributed by atoms with van der Waals surface area (Å²) in [6.07, 6.45) is -3.54. The summed E-state index contributed by atoms with van der Waals surface area (Å²) in [6, 6.07) is 6.30. The van der Waals surface area contributed by atoms with Crippen LogP contribution >= 0.6 is 0 Å². The van der Waals surface area contributed by atoms with Gasteiger partial charge in [0.05, 0.1) is 17.7 Å². The monoisotopic (exact) mass is 541 g/mol. The third-order valence-electron chi connectivity index (χ3n) is 6.89. The van der Waals surface area contributed by atoms with Crippen LogP contribution in [0.3, 0.4) is 0 Å². The van der Waals surface area contributed by atoms with Crippen molar-refractivity contribution in [3.8, 4) is 0 Å². The van der Waals surface area contributed by atoms with E-state index in [0.29, 0.717) is 50.8 Å². The van der Waals surface area contributed by atoms with Crippen LogP contribution in [-0.2, 0) is 22.3 Å². The number of anilines is 1. The van der Waals surface area contributed by atoms with E-state index < -0.39 is 41.4 Å². The molecule has 0 bridgehead atoms. The molecule has 0 saturated carbocycles. The van der Waals surface area contributed by atoms with Crippen LogP contribution in [0.1, 0.15) is 40.7 Å². The summed E-state index contributed by atoms with van der Waals surface area (Å²) < 4.78 is 71.8. The molecule has 4 rings (SSSR count). The molecule has 2 fully saturated rings. The normalized spacial score (nSPS) is 21.1. The molecule has 2 heterocycles. The molecule has 2 aliphatic heterocycles. The maximum atomic E-state index is 13.8. The van der Waals surface area contributed by atoms with E-state index in [-0.39, 0.29) is 23.7 Å². The summed E-state index contributed by atoms with van der Waals surface area (Å²) in [5, 5.41) is 11.7. The number of halogens is 5. The van der Waals surface area contributed by atoms with Crippen LogP contribution < -0.4 is 10.2 Å². The molecule has 0 radical (unpaired) electrons. The smallest absolute Gasteiger partial charge is 0.416 e. The first-order valence-corrected chi connectivity index (χ1v) is 12.3. The van der Waals surface area contributed by atoms with Gasteiger partial charge in [0.1, 0.15) is 17.7 Å². The topological polar surface area (TPSA) is 82.1 Å². The largest absolute Gasteiger partial charge is 0.478 e. The minimum atomic E-state index is -4.69. The predicted octanol–water partition coefficient (Wildman–Crippen LogP) is 4.06. The molecule has 1 amide bonds. The van der Waals surface area contributed by atoms with Gasteiger partial charge in [-0.05, 0) is 61.2 Å². The summed E-state index contributed by atoms with van der Waals surface area (Å²) in [4.78, 5) is 28.1. The van der Waals surface area contributed by atoms with Crippen molar-refractivity contribution in [2.45, 2.75) is 44.1 Å². The third kappa shape index (κ3) is 6.79. The van der Waals surface area contributed by atoms with Crippen LogP contribution in [0.25, 0.3) is 0 Å².